The van der Waals surface area contributed by atoms with E-state index in [1.807, 2.05) is 0 Å². The predicted molar refractivity (Wildman–Crippen MR) is 209 cm³/mol. The van der Waals surface area contributed by atoms with Gasteiger partial charge in [-0.25, -0.2) is 4.79 Å². The van der Waals surface area contributed by atoms with Crippen LogP contribution in [0.15, 0.2) is 79.0 Å². The van der Waals surface area contributed by atoms with Crippen LogP contribution >= 0.6 is 0 Å². The Morgan fingerprint density at radius 2 is 1.07 bits per heavy atom. The van der Waals surface area contributed by atoms with Crippen LogP contribution in [-0.2, 0) is 52.8 Å². The van der Waals surface area contributed by atoms with Gasteiger partial charge in [0.1, 0.15) is 41.7 Å². The van der Waals surface area contributed by atoms with Gasteiger partial charge in [-0.2, -0.15) is 0 Å². The minimum absolute atomic E-state index is 0.0703. The summed E-state index contributed by atoms with van der Waals surface area (Å²) in [4.78, 5) is 93.7. The molecule has 5 atom stereocenters. The lowest BCUT2D eigenvalue weighted by atomic mass is 10.0. The summed E-state index contributed by atoms with van der Waals surface area (Å²) in [6.07, 6.45) is 1.10. The van der Waals surface area contributed by atoms with E-state index < -0.39 is 97.9 Å². The second-order valence-corrected chi connectivity index (χ2v) is 13.4. The molecule has 0 aliphatic heterocycles. The third kappa shape index (κ3) is 13.6. The zero-order chi connectivity index (χ0) is 43.1. The number of aliphatic hydroxyl groups is 2. The van der Waals surface area contributed by atoms with Crippen molar-refractivity contribution >= 4 is 52.3 Å². The van der Waals surface area contributed by atoms with Gasteiger partial charge in [0.15, 0.2) is 0 Å². The van der Waals surface area contributed by atoms with Gasteiger partial charge < -0.3 is 68.2 Å². The first-order valence-corrected chi connectivity index (χ1v) is 18.2. The van der Waals surface area contributed by atoms with Crippen LogP contribution in [0.4, 0.5) is 0 Å². The SMILES string of the molecule is N[C@@H](CO)C(=O)NCC(=O)NCC(=O)N[C@@H](Cc1ccc(O)cc1)C(=O)N[C@@H](Cc1ccc(O)cc1)C(=O)N[C@@H](Cc1c[nH]c2ccccc12)C(=O)N[C@@H](CO)C(=O)O. The molecule has 0 unspecified atom stereocenters. The summed E-state index contributed by atoms with van der Waals surface area (Å²) in [5.74, 6) is -6.83. The lowest BCUT2D eigenvalue weighted by Crippen LogP contribution is -2.59. The molecule has 1 heterocycles. The Morgan fingerprint density at radius 3 is 1.59 bits per heavy atom. The number of aromatic nitrogens is 1. The van der Waals surface area contributed by atoms with Gasteiger partial charge in [-0.05, 0) is 47.0 Å². The van der Waals surface area contributed by atoms with Crippen LogP contribution in [0.2, 0.25) is 0 Å². The van der Waals surface area contributed by atoms with Crippen molar-refractivity contribution in [2.75, 3.05) is 26.3 Å². The number of para-hydroxylation sites is 1. The van der Waals surface area contributed by atoms with Gasteiger partial charge >= 0.3 is 5.97 Å². The maximum atomic E-state index is 14.2. The van der Waals surface area contributed by atoms with Crippen LogP contribution in [0, 0.1) is 0 Å². The number of aromatic amines is 1. The third-order valence-electron chi connectivity index (χ3n) is 8.97. The summed E-state index contributed by atoms with van der Waals surface area (Å²) in [5.41, 5.74) is 7.64. The summed E-state index contributed by atoms with van der Waals surface area (Å²) >= 11 is 0. The number of phenolic OH excluding ortho intramolecular Hbond substituents is 2. The zero-order valence-corrected chi connectivity index (χ0v) is 31.5. The Labute approximate surface area is 336 Å². The number of benzene rings is 3. The number of fused-ring (bicyclic) bond motifs is 1. The highest BCUT2D eigenvalue weighted by molar-refractivity contribution is 5.96. The monoisotopic (exact) mass is 818 g/mol. The fourth-order valence-electron chi connectivity index (χ4n) is 5.75. The van der Waals surface area contributed by atoms with Crippen molar-refractivity contribution in [3.05, 3.63) is 95.7 Å². The highest BCUT2D eigenvalue weighted by Crippen LogP contribution is 2.20. The molecule has 0 spiro atoms. The fraction of sp³-hybridized carbons (Fsp3) is 0.308. The average Bonchev–Trinajstić information content (AvgIpc) is 3.63. The van der Waals surface area contributed by atoms with Gasteiger partial charge in [-0.3, -0.25) is 28.8 Å². The number of aromatic hydroxyl groups is 2. The number of nitrogens with two attached hydrogens (primary N) is 1. The number of carboxylic acid groups (broad SMARTS) is 1. The Bertz CT molecular complexity index is 2110. The van der Waals surface area contributed by atoms with Crippen LogP contribution in [0.1, 0.15) is 16.7 Å². The largest absolute Gasteiger partial charge is 0.508 e. The number of rotatable bonds is 21. The number of H-pyrrole nitrogens is 1. The second kappa shape index (κ2) is 21.5. The van der Waals surface area contributed by atoms with Gasteiger partial charge in [0.05, 0.1) is 26.3 Å². The number of carboxylic acids is 1. The molecule has 0 aliphatic rings. The molecule has 0 bridgehead atoms. The number of amides is 6. The van der Waals surface area contributed by atoms with E-state index in [9.17, 15) is 54.0 Å². The zero-order valence-electron chi connectivity index (χ0n) is 31.5. The molecular weight excluding hydrogens is 772 g/mol. The molecule has 0 saturated carbocycles. The lowest BCUT2D eigenvalue weighted by molar-refractivity contribution is -0.143. The number of aliphatic carboxylic acids is 1. The standard InChI is InChI=1S/C39H46N8O12/c40-27(19-48)35(54)43-17-33(52)42-18-34(53)44-29(13-21-5-9-24(50)10-6-21)36(55)45-30(14-22-7-11-25(51)12-8-22)37(56)46-31(38(57)47-32(20-49)39(58)59)15-23-16-41-28-4-2-1-3-26(23)28/h1-12,16,27,29-32,41,48-51H,13-15,17-20,40H2,(H,42,52)(H,43,54)(H,44,53)(H,45,55)(H,46,56)(H,47,57)(H,58,59)/t27-,29-,30-,31-,32-/m0/s1. The molecule has 6 amide bonds. The quantitative estimate of drug-likeness (QED) is 0.0404. The molecule has 14 N–H and O–H groups in total. The molecule has 314 valence electrons. The molecule has 20 nitrogen and oxygen atoms in total. The molecule has 1 aromatic heterocycles. The molecule has 20 heteroatoms. The van der Waals surface area contributed by atoms with Crippen molar-refractivity contribution in [2.45, 2.75) is 49.5 Å². The maximum absolute atomic E-state index is 14.2. The smallest absolute Gasteiger partial charge is 0.328 e. The summed E-state index contributed by atoms with van der Waals surface area (Å²) in [6.45, 7) is -2.81. The summed E-state index contributed by atoms with van der Waals surface area (Å²) in [5, 5.41) is 62.9. The molecule has 0 aliphatic carbocycles. The first-order chi connectivity index (χ1) is 28.2. The third-order valence-corrected chi connectivity index (χ3v) is 8.97. The minimum Gasteiger partial charge on any atom is -0.508 e. The van der Waals surface area contributed by atoms with E-state index in [4.69, 9.17) is 10.8 Å². The highest BCUT2D eigenvalue weighted by Gasteiger charge is 2.32. The highest BCUT2D eigenvalue weighted by atomic mass is 16.4. The number of aliphatic hydroxyl groups excluding tert-OH is 2. The van der Waals surface area contributed by atoms with E-state index in [-0.39, 0.29) is 30.8 Å². The van der Waals surface area contributed by atoms with E-state index in [0.29, 0.717) is 22.1 Å². The molecular formula is C39H46N8O12. The fourth-order valence-corrected chi connectivity index (χ4v) is 5.75. The van der Waals surface area contributed by atoms with Gasteiger partial charge in [0.25, 0.3) is 0 Å². The van der Waals surface area contributed by atoms with Crippen molar-refractivity contribution in [2.24, 2.45) is 5.73 Å². The number of carbonyl (C=O) groups excluding carboxylic acids is 6. The maximum Gasteiger partial charge on any atom is 0.328 e. The number of hydrogen-bond donors (Lipinski definition) is 13. The predicted octanol–water partition coefficient (Wildman–Crippen LogP) is -2.82. The van der Waals surface area contributed by atoms with Gasteiger partial charge in [-0.15, -0.1) is 0 Å². The minimum atomic E-state index is -1.70. The van der Waals surface area contributed by atoms with E-state index in [1.165, 1.54) is 48.5 Å². The molecule has 0 fully saturated rings. The van der Waals surface area contributed by atoms with Crippen LogP contribution in [0.25, 0.3) is 10.9 Å². The van der Waals surface area contributed by atoms with E-state index in [1.54, 1.807) is 30.5 Å². The molecule has 59 heavy (non-hydrogen) atoms. The first kappa shape index (κ1) is 44.7. The Hall–Kier alpha value is -7.03. The number of nitrogens with one attached hydrogen (secondary N) is 7. The number of carbonyl (C=O) groups is 7. The summed E-state index contributed by atoms with van der Waals surface area (Å²) in [6, 6.07) is 11.3. The van der Waals surface area contributed by atoms with Gasteiger partial charge in [0, 0.05) is 36.4 Å². The van der Waals surface area contributed by atoms with Crippen LogP contribution in [0.5, 0.6) is 11.5 Å². The molecule has 0 saturated heterocycles. The number of hydrogen-bond acceptors (Lipinski definition) is 12. The van der Waals surface area contributed by atoms with Crippen molar-refractivity contribution in [3.8, 4) is 11.5 Å². The molecule has 0 radical (unpaired) electrons. The second-order valence-electron chi connectivity index (χ2n) is 13.4. The Kier molecular flexibility index (Phi) is 16.3. The van der Waals surface area contributed by atoms with Crippen molar-refractivity contribution in [3.63, 3.8) is 0 Å². The van der Waals surface area contributed by atoms with Crippen LogP contribution in [0.3, 0.4) is 0 Å². The Morgan fingerprint density at radius 1 is 0.576 bits per heavy atom. The van der Waals surface area contributed by atoms with Crippen molar-refractivity contribution < 1.29 is 59.1 Å². The van der Waals surface area contributed by atoms with Crippen LogP contribution in [-0.4, -0.2) is 128 Å². The number of phenols is 2. The Balaban J connectivity index is 1.59. The lowest BCUT2D eigenvalue weighted by Gasteiger charge is -2.26. The van der Waals surface area contributed by atoms with Crippen LogP contribution < -0.4 is 37.6 Å². The summed E-state index contributed by atoms with van der Waals surface area (Å²) < 4.78 is 0. The van der Waals surface area contributed by atoms with E-state index >= 15 is 0 Å². The van der Waals surface area contributed by atoms with E-state index in [2.05, 4.69) is 36.9 Å². The van der Waals surface area contributed by atoms with Crippen molar-refractivity contribution in [1.82, 2.24) is 36.9 Å². The molecule has 3 aromatic carbocycles. The van der Waals surface area contributed by atoms with Crippen molar-refractivity contribution in [1.29, 1.82) is 0 Å². The summed E-state index contributed by atoms with van der Waals surface area (Å²) in [7, 11) is 0. The topological polar surface area (TPSA) is 335 Å². The molecule has 4 aromatic rings. The normalized spacial score (nSPS) is 13.5. The first-order valence-electron chi connectivity index (χ1n) is 18.2. The van der Waals surface area contributed by atoms with E-state index in [0.717, 1.165) is 5.52 Å². The van der Waals surface area contributed by atoms with Gasteiger partial charge in [-0.1, -0.05) is 42.5 Å². The molecule has 4 rings (SSSR count). The van der Waals surface area contributed by atoms with Gasteiger partial charge in [0.2, 0.25) is 35.4 Å². The average molecular weight is 819 g/mol.